The lowest BCUT2D eigenvalue weighted by Crippen LogP contribution is -2.25. The second-order valence-corrected chi connectivity index (χ2v) is 7.41. The molecule has 28 heavy (non-hydrogen) atoms. The quantitative estimate of drug-likeness (QED) is 0.574. The van der Waals surface area contributed by atoms with Gasteiger partial charge in [-0.3, -0.25) is 14.9 Å². The zero-order valence-electron chi connectivity index (χ0n) is 15.1. The number of halogens is 1. The average molecular weight is 394 g/mol. The van der Waals surface area contributed by atoms with Gasteiger partial charge in [-0.2, -0.15) is 5.10 Å². The topological polar surface area (TPSA) is 76.9 Å². The number of benzene rings is 2. The Morgan fingerprint density at radius 1 is 1.11 bits per heavy atom. The van der Waals surface area contributed by atoms with E-state index in [1.807, 2.05) is 6.92 Å². The van der Waals surface area contributed by atoms with Crippen LogP contribution in [0.2, 0.25) is 0 Å². The van der Waals surface area contributed by atoms with Crippen LogP contribution < -0.4 is 10.9 Å². The van der Waals surface area contributed by atoms with Gasteiger partial charge in [-0.05, 0) is 37.3 Å². The third kappa shape index (κ3) is 3.18. The minimum absolute atomic E-state index is 0.147. The molecule has 0 atom stereocenters. The normalized spacial score (nSPS) is 11.0. The van der Waals surface area contributed by atoms with Crippen molar-refractivity contribution in [1.82, 2.24) is 14.8 Å². The number of carbonyl (C=O) groups is 1. The van der Waals surface area contributed by atoms with Gasteiger partial charge in [0.05, 0.1) is 11.1 Å². The third-order valence-corrected chi connectivity index (χ3v) is 5.19. The van der Waals surface area contributed by atoms with Crippen LogP contribution in [0.4, 0.5) is 9.52 Å². The number of thiazole rings is 1. The average Bonchev–Trinajstić information content (AvgIpc) is 3.05. The van der Waals surface area contributed by atoms with E-state index >= 15 is 0 Å². The number of aromatic nitrogens is 3. The summed E-state index contributed by atoms with van der Waals surface area (Å²) in [7, 11) is 1.51. The maximum Gasteiger partial charge on any atom is 0.278 e. The molecule has 2 aromatic heterocycles. The molecule has 2 aromatic carbocycles. The lowest BCUT2D eigenvalue weighted by molar-refractivity contribution is 0.102. The van der Waals surface area contributed by atoms with Gasteiger partial charge >= 0.3 is 0 Å². The van der Waals surface area contributed by atoms with Crippen LogP contribution in [0.1, 0.15) is 15.4 Å². The van der Waals surface area contributed by atoms with Gasteiger partial charge in [0, 0.05) is 22.9 Å². The molecule has 0 fully saturated rings. The highest BCUT2D eigenvalue weighted by molar-refractivity contribution is 7.16. The fraction of sp³-hybridized carbons (Fsp3) is 0.100. The third-order valence-electron chi connectivity index (χ3n) is 4.31. The van der Waals surface area contributed by atoms with Crippen LogP contribution in [0.3, 0.4) is 0 Å². The van der Waals surface area contributed by atoms with Crippen LogP contribution in [0.15, 0.2) is 53.3 Å². The van der Waals surface area contributed by atoms with E-state index < -0.39 is 5.91 Å². The number of nitrogens with zero attached hydrogens (tertiary/aromatic N) is 3. The Kier molecular flexibility index (Phi) is 4.48. The fourth-order valence-corrected chi connectivity index (χ4v) is 3.78. The molecule has 6 nitrogen and oxygen atoms in total. The van der Waals surface area contributed by atoms with Crippen molar-refractivity contribution < 1.29 is 9.18 Å². The highest BCUT2D eigenvalue weighted by Crippen LogP contribution is 2.30. The highest BCUT2D eigenvalue weighted by atomic mass is 32.1. The molecule has 4 rings (SSSR count). The van der Waals surface area contributed by atoms with Crippen LogP contribution >= 0.6 is 11.3 Å². The van der Waals surface area contributed by atoms with Gasteiger partial charge in [0.15, 0.2) is 10.8 Å². The number of fused-ring (bicyclic) bond motifs is 1. The lowest BCUT2D eigenvalue weighted by Gasteiger charge is -2.07. The summed E-state index contributed by atoms with van der Waals surface area (Å²) in [4.78, 5) is 30.4. The van der Waals surface area contributed by atoms with Gasteiger partial charge in [-0.15, -0.1) is 11.3 Å². The molecule has 0 saturated carbocycles. The number of nitrogens with one attached hydrogen (secondary N) is 1. The zero-order chi connectivity index (χ0) is 19.8. The van der Waals surface area contributed by atoms with Crippen molar-refractivity contribution in [3.63, 3.8) is 0 Å². The minimum atomic E-state index is -0.453. The van der Waals surface area contributed by atoms with Crippen LogP contribution in [-0.2, 0) is 7.05 Å². The van der Waals surface area contributed by atoms with Crippen molar-refractivity contribution in [3.8, 4) is 11.3 Å². The molecule has 0 aliphatic heterocycles. The number of anilines is 1. The van der Waals surface area contributed by atoms with Gasteiger partial charge in [0.25, 0.3) is 11.5 Å². The summed E-state index contributed by atoms with van der Waals surface area (Å²) in [6.07, 6.45) is 0. The Morgan fingerprint density at radius 3 is 2.50 bits per heavy atom. The summed E-state index contributed by atoms with van der Waals surface area (Å²) < 4.78 is 14.3. The molecule has 8 heteroatoms. The van der Waals surface area contributed by atoms with Gasteiger partial charge in [0.2, 0.25) is 0 Å². The van der Waals surface area contributed by atoms with E-state index in [2.05, 4.69) is 15.4 Å². The first kappa shape index (κ1) is 18.0. The predicted molar refractivity (Wildman–Crippen MR) is 107 cm³/mol. The molecular formula is C20H15FN4O2S. The van der Waals surface area contributed by atoms with Crippen molar-refractivity contribution in [1.29, 1.82) is 0 Å². The Balaban J connectivity index is 1.69. The first-order valence-corrected chi connectivity index (χ1v) is 9.26. The standard InChI is InChI=1S/C20H15FN4O2S/c1-11-16(12-7-9-13(21)10-8-12)22-20(28-11)23-18(26)17-14-5-3-4-6-15(14)19(27)25(2)24-17/h3-10H,1-2H3,(H,22,23,26). The van der Waals surface area contributed by atoms with E-state index in [0.717, 1.165) is 15.1 Å². The van der Waals surface area contributed by atoms with E-state index in [1.54, 1.807) is 36.4 Å². The van der Waals surface area contributed by atoms with Crippen molar-refractivity contribution in [2.45, 2.75) is 6.92 Å². The van der Waals surface area contributed by atoms with E-state index in [4.69, 9.17) is 0 Å². The van der Waals surface area contributed by atoms with Gasteiger partial charge in [0.1, 0.15) is 5.82 Å². The number of aryl methyl sites for hydroxylation is 2. The Morgan fingerprint density at radius 2 is 1.79 bits per heavy atom. The van der Waals surface area contributed by atoms with Crippen LogP contribution in [-0.4, -0.2) is 20.7 Å². The van der Waals surface area contributed by atoms with Crippen LogP contribution in [0.25, 0.3) is 22.0 Å². The summed E-state index contributed by atoms with van der Waals surface area (Å²) >= 11 is 1.32. The van der Waals surface area contributed by atoms with E-state index in [9.17, 15) is 14.0 Å². The summed E-state index contributed by atoms with van der Waals surface area (Å²) in [5, 5.41) is 8.19. The second-order valence-electron chi connectivity index (χ2n) is 6.21. The summed E-state index contributed by atoms with van der Waals surface area (Å²) in [5.41, 5.74) is 1.32. The molecule has 4 aromatic rings. The van der Waals surface area contributed by atoms with E-state index in [1.165, 1.54) is 30.5 Å². The first-order chi connectivity index (χ1) is 13.4. The number of amides is 1. The van der Waals surface area contributed by atoms with Gasteiger partial charge in [-0.25, -0.2) is 14.1 Å². The zero-order valence-corrected chi connectivity index (χ0v) is 15.9. The lowest BCUT2D eigenvalue weighted by atomic mass is 10.1. The molecule has 2 heterocycles. The maximum atomic E-state index is 13.2. The monoisotopic (exact) mass is 394 g/mol. The number of rotatable bonds is 3. The molecule has 0 aliphatic carbocycles. The minimum Gasteiger partial charge on any atom is -0.296 e. The predicted octanol–water partition coefficient (Wildman–Crippen LogP) is 3.76. The van der Waals surface area contributed by atoms with Crippen LogP contribution in [0.5, 0.6) is 0 Å². The molecule has 0 radical (unpaired) electrons. The van der Waals surface area contributed by atoms with Crippen molar-refractivity contribution >= 4 is 33.1 Å². The molecule has 0 unspecified atom stereocenters. The van der Waals surface area contributed by atoms with Gasteiger partial charge < -0.3 is 0 Å². The van der Waals surface area contributed by atoms with Crippen molar-refractivity contribution in [2.75, 3.05) is 5.32 Å². The molecule has 1 N–H and O–H groups in total. The van der Waals surface area contributed by atoms with Crippen molar-refractivity contribution in [2.24, 2.45) is 7.05 Å². The molecule has 1 amide bonds. The van der Waals surface area contributed by atoms with Crippen LogP contribution in [0, 0.1) is 12.7 Å². The second kappa shape index (κ2) is 6.97. The Hall–Kier alpha value is -3.39. The summed E-state index contributed by atoms with van der Waals surface area (Å²) in [6, 6.07) is 12.9. The number of hydrogen-bond donors (Lipinski definition) is 1. The molecule has 0 bridgehead atoms. The van der Waals surface area contributed by atoms with Gasteiger partial charge in [-0.1, -0.05) is 18.2 Å². The summed E-state index contributed by atoms with van der Waals surface area (Å²) in [5.74, 6) is -0.774. The van der Waals surface area contributed by atoms with Crippen molar-refractivity contribution in [3.05, 3.63) is 75.3 Å². The molecule has 140 valence electrons. The number of hydrogen-bond acceptors (Lipinski definition) is 5. The maximum absolute atomic E-state index is 13.2. The van der Waals surface area contributed by atoms with E-state index in [0.29, 0.717) is 21.6 Å². The molecule has 0 saturated heterocycles. The SMILES string of the molecule is Cc1sc(NC(=O)c2nn(C)c(=O)c3ccccc23)nc1-c1ccc(F)cc1. The Bertz CT molecular complexity index is 1260. The molecule has 0 aliphatic rings. The highest BCUT2D eigenvalue weighted by Gasteiger charge is 2.18. The molecule has 0 spiro atoms. The first-order valence-electron chi connectivity index (χ1n) is 8.45. The summed E-state index contributed by atoms with van der Waals surface area (Å²) in [6.45, 7) is 1.88. The largest absolute Gasteiger partial charge is 0.296 e. The fourth-order valence-electron chi connectivity index (χ4n) is 2.95. The van der Waals surface area contributed by atoms with E-state index in [-0.39, 0.29) is 17.1 Å². The smallest absolute Gasteiger partial charge is 0.278 e. The Labute approximate surface area is 163 Å². The number of carbonyl (C=O) groups excluding carboxylic acids is 1. The molecular weight excluding hydrogens is 379 g/mol.